The Morgan fingerprint density at radius 3 is 2.79 bits per heavy atom. The van der Waals surface area contributed by atoms with Gasteiger partial charge in [0, 0.05) is 11.6 Å². The van der Waals surface area contributed by atoms with Gasteiger partial charge in [-0.3, -0.25) is 14.9 Å². The van der Waals surface area contributed by atoms with Crippen LogP contribution in [0.5, 0.6) is 5.75 Å². The summed E-state index contributed by atoms with van der Waals surface area (Å²) < 4.78 is 10.7. The molecule has 0 spiro atoms. The highest BCUT2D eigenvalue weighted by Gasteiger charge is 2.18. The third-order valence-electron chi connectivity index (χ3n) is 3.93. The van der Waals surface area contributed by atoms with Crippen LogP contribution in [0.25, 0.3) is 11.3 Å². The van der Waals surface area contributed by atoms with Crippen LogP contribution in [-0.4, -0.2) is 24.2 Å². The van der Waals surface area contributed by atoms with Crippen molar-refractivity contribution in [3.63, 3.8) is 0 Å². The summed E-state index contributed by atoms with van der Waals surface area (Å²) >= 11 is 0. The predicted molar refractivity (Wildman–Crippen MR) is 104 cm³/mol. The average Bonchev–Trinajstić information content (AvgIpc) is 3.16. The van der Waals surface area contributed by atoms with Gasteiger partial charge in [-0.2, -0.15) is 5.10 Å². The number of furan rings is 1. The molecule has 0 aliphatic carbocycles. The van der Waals surface area contributed by atoms with Crippen LogP contribution in [-0.2, 0) is 0 Å². The van der Waals surface area contributed by atoms with Crippen molar-refractivity contribution < 1.29 is 18.9 Å². The van der Waals surface area contributed by atoms with Gasteiger partial charge in [0.05, 0.1) is 23.8 Å². The lowest BCUT2D eigenvalue weighted by Gasteiger charge is -2.02. The summed E-state index contributed by atoms with van der Waals surface area (Å²) in [5, 5.41) is 15.1. The number of hydrogen-bond acceptors (Lipinski definition) is 6. The normalized spacial score (nSPS) is 10.8. The lowest BCUT2D eigenvalue weighted by Crippen LogP contribution is -2.17. The fraction of sp³-hybridized carbons (Fsp3) is 0.100. The van der Waals surface area contributed by atoms with Crippen molar-refractivity contribution in [2.45, 2.75) is 6.92 Å². The maximum Gasteiger partial charge on any atom is 0.280 e. The van der Waals surface area contributed by atoms with E-state index in [1.54, 1.807) is 55.5 Å². The quantitative estimate of drug-likeness (QED) is 0.397. The van der Waals surface area contributed by atoms with Crippen LogP contribution in [0.15, 0.2) is 64.1 Å². The SMILES string of the molecule is COc1cccc(C(=O)N/N=C/c2ccc(-c3ccc(C)cc3[N+](=O)[O-])o2)c1. The van der Waals surface area contributed by atoms with E-state index >= 15 is 0 Å². The van der Waals surface area contributed by atoms with Crippen LogP contribution in [0.4, 0.5) is 5.69 Å². The maximum atomic E-state index is 12.1. The van der Waals surface area contributed by atoms with Crippen LogP contribution in [0.2, 0.25) is 0 Å². The molecule has 0 fully saturated rings. The molecular weight excluding hydrogens is 362 g/mol. The van der Waals surface area contributed by atoms with E-state index in [4.69, 9.17) is 9.15 Å². The fourth-order valence-corrected chi connectivity index (χ4v) is 2.55. The van der Waals surface area contributed by atoms with Gasteiger partial charge < -0.3 is 9.15 Å². The van der Waals surface area contributed by atoms with Gasteiger partial charge >= 0.3 is 0 Å². The molecule has 1 N–H and O–H groups in total. The molecule has 1 amide bonds. The molecule has 0 aliphatic heterocycles. The molecule has 3 rings (SSSR count). The fourth-order valence-electron chi connectivity index (χ4n) is 2.55. The minimum atomic E-state index is -0.451. The van der Waals surface area contributed by atoms with Gasteiger partial charge in [-0.05, 0) is 48.9 Å². The Morgan fingerprint density at radius 1 is 1.21 bits per heavy atom. The summed E-state index contributed by atoms with van der Waals surface area (Å²) in [6.45, 7) is 1.78. The van der Waals surface area contributed by atoms with E-state index in [9.17, 15) is 14.9 Å². The van der Waals surface area contributed by atoms with Gasteiger partial charge in [0.1, 0.15) is 17.3 Å². The Bertz CT molecular complexity index is 1060. The maximum absolute atomic E-state index is 12.1. The van der Waals surface area contributed by atoms with Gasteiger partial charge in [0.15, 0.2) is 0 Å². The van der Waals surface area contributed by atoms with Crippen molar-refractivity contribution in [2.75, 3.05) is 7.11 Å². The number of nitro groups is 1. The molecular formula is C20H17N3O5. The van der Waals surface area contributed by atoms with Crippen molar-refractivity contribution in [3.05, 3.63) is 81.6 Å². The molecule has 1 aromatic heterocycles. The molecule has 0 saturated heterocycles. The molecule has 0 radical (unpaired) electrons. The number of carbonyl (C=O) groups excluding carboxylic acids is 1. The Kier molecular flexibility index (Phi) is 5.50. The van der Waals surface area contributed by atoms with E-state index < -0.39 is 10.8 Å². The van der Waals surface area contributed by atoms with Crippen LogP contribution in [0.3, 0.4) is 0 Å². The summed E-state index contributed by atoms with van der Waals surface area (Å²) in [6.07, 6.45) is 1.32. The second-order valence-corrected chi connectivity index (χ2v) is 5.91. The Balaban J connectivity index is 1.73. The Morgan fingerprint density at radius 2 is 2.04 bits per heavy atom. The summed E-state index contributed by atoms with van der Waals surface area (Å²) in [7, 11) is 1.52. The first-order valence-corrected chi connectivity index (χ1v) is 8.30. The van der Waals surface area contributed by atoms with Crippen molar-refractivity contribution in [1.82, 2.24) is 5.43 Å². The lowest BCUT2D eigenvalue weighted by atomic mass is 10.1. The van der Waals surface area contributed by atoms with E-state index in [0.29, 0.717) is 28.4 Å². The minimum absolute atomic E-state index is 0.0378. The van der Waals surface area contributed by atoms with Crippen molar-refractivity contribution in [2.24, 2.45) is 5.10 Å². The minimum Gasteiger partial charge on any atom is -0.497 e. The molecule has 8 heteroatoms. The molecule has 28 heavy (non-hydrogen) atoms. The zero-order valence-corrected chi connectivity index (χ0v) is 15.2. The molecule has 0 atom stereocenters. The molecule has 2 aromatic carbocycles. The topological polar surface area (TPSA) is 107 Å². The first kappa shape index (κ1) is 18.8. The van der Waals surface area contributed by atoms with E-state index in [1.807, 2.05) is 0 Å². The van der Waals surface area contributed by atoms with E-state index in [2.05, 4.69) is 10.5 Å². The molecule has 8 nitrogen and oxygen atoms in total. The lowest BCUT2D eigenvalue weighted by molar-refractivity contribution is -0.384. The summed E-state index contributed by atoms with van der Waals surface area (Å²) in [5.74, 6) is 0.839. The zero-order valence-electron chi connectivity index (χ0n) is 15.2. The predicted octanol–water partition coefficient (Wildman–Crippen LogP) is 3.94. The number of nitro benzene ring substituents is 1. The van der Waals surface area contributed by atoms with Crippen molar-refractivity contribution >= 4 is 17.8 Å². The molecule has 0 saturated carbocycles. The van der Waals surface area contributed by atoms with E-state index in [0.717, 1.165) is 5.56 Å². The third-order valence-corrected chi connectivity index (χ3v) is 3.93. The van der Waals surface area contributed by atoms with Crippen LogP contribution < -0.4 is 10.2 Å². The number of carbonyl (C=O) groups is 1. The van der Waals surface area contributed by atoms with Crippen LogP contribution in [0, 0.1) is 17.0 Å². The number of aryl methyl sites for hydroxylation is 1. The highest BCUT2D eigenvalue weighted by atomic mass is 16.6. The largest absolute Gasteiger partial charge is 0.497 e. The monoisotopic (exact) mass is 379 g/mol. The number of benzene rings is 2. The summed E-state index contributed by atoms with van der Waals surface area (Å²) in [5.41, 5.74) is 3.90. The first-order valence-electron chi connectivity index (χ1n) is 8.30. The number of nitrogens with one attached hydrogen (secondary N) is 1. The average molecular weight is 379 g/mol. The molecule has 0 unspecified atom stereocenters. The smallest absolute Gasteiger partial charge is 0.280 e. The first-order chi connectivity index (χ1) is 13.5. The van der Waals surface area contributed by atoms with Gasteiger partial charge in [0.2, 0.25) is 0 Å². The Hall–Kier alpha value is -3.94. The molecule has 1 heterocycles. The highest BCUT2D eigenvalue weighted by Crippen LogP contribution is 2.31. The van der Waals surface area contributed by atoms with Gasteiger partial charge in [-0.25, -0.2) is 5.43 Å². The second kappa shape index (κ2) is 8.17. The summed E-state index contributed by atoms with van der Waals surface area (Å²) in [4.78, 5) is 22.9. The number of rotatable bonds is 6. The number of amides is 1. The van der Waals surface area contributed by atoms with Crippen LogP contribution in [0.1, 0.15) is 21.7 Å². The number of nitrogens with zero attached hydrogens (tertiary/aromatic N) is 2. The van der Waals surface area contributed by atoms with Crippen molar-refractivity contribution in [3.8, 4) is 17.1 Å². The second-order valence-electron chi connectivity index (χ2n) is 5.91. The highest BCUT2D eigenvalue weighted by molar-refractivity contribution is 5.95. The third kappa shape index (κ3) is 4.24. The summed E-state index contributed by atoms with van der Waals surface area (Å²) in [6, 6.07) is 14.8. The van der Waals surface area contributed by atoms with Crippen molar-refractivity contribution in [1.29, 1.82) is 0 Å². The molecule has 0 aliphatic rings. The van der Waals surface area contributed by atoms with Crippen LogP contribution >= 0.6 is 0 Å². The van der Waals surface area contributed by atoms with E-state index in [-0.39, 0.29) is 5.69 Å². The number of methoxy groups -OCH3 is 1. The van der Waals surface area contributed by atoms with E-state index in [1.165, 1.54) is 19.4 Å². The number of ether oxygens (including phenoxy) is 1. The standard InChI is InChI=1S/C20H17N3O5/c1-13-6-8-17(18(10-13)23(25)26)19-9-7-16(28-19)12-21-22-20(24)14-4-3-5-15(11-14)27-2/h3-12H,1-2H3,(H,22,24)/b21-12+. The Labute approximate surface area is 160 Å². The molecule has 3 aromatic rings. The molecule has 0 bridgehead atoms. The number of hydrogen-bond donors (Lipinski definition) is 1. The number of hydrazone groups is 1. The van der Waals surface area contributed by atoms with Gasteiger partial charge in [-0.15, -0.1) is 0 Å². The van der Waals surface area contributed by atoms with Gasteiger partial charge in [0.25, 0.3) is 11.6 Å². The zero-order chi connectivity index (χ0) is 20.1. The van der Waals surface area contributed by atoms with Gasteiger partial charge in [-0.1, -0.05) is 12.1 Å². The molecule has 142 valence electrons.